The van der Waals surface area contributed by atoms with Crippen LogP contribution in [0.25, 0.3) is 0 Å². The van der Waals surface area contributed by atoms with Crippen LogP contribution in [0, 0.1) is 5.92 Å². The highest BCUT2D eigenvalue weighted by molar-refractivity contribution is 5.93. The normalized spacial score (nSPS) is 25.7. The molecule has 2 aliphatic heterocycles. The maximum atomic E-state index is 12.7. The quantitative estimate of drug-likeness (QED) is 0.785. The van der Waals surface area contributed by atoms with Crippen molar-refractivity contribution in [2.24, 2.45) is 5.92 Å². The Kier molecular flexibility index (Phi) is 5.28. The summed E-state index contributed by atoms with van der Waals surface area (Å²) in [5.41, 5.74) is 0.995. The van der Waals surface area contributed by atoms with Crippen LogP contribution < -0.4 is 0 Å². The van der Waals surface area contributed by atoms with Crippen molar-refractivity contribution in [3.8, 4) is 0 Å². The summed E-state index contributed by atoms with van der Waals surface area (Å²) in [6, 6.07) is 4.27. The molecule has 0 N–H and O–H groups in total. The van der Waals surface area contributed by atoms with Gasteiger partial charge in [0.25, 0.3) is 5.91 Å². The average molecular weight is 357 g/mol. The molecule has 1 amide bonds. The molecule has 1 aromatic rings. The van der Waals surface area contributed by atoms with Crippen molar-refractivity contribution < 1.29 is 9.53 Å². The van der Waals surface area contributed by atoms with Gasteiger partial charge in [-0.1, -0.05) is 0 Å². The molecule has 5 nitrogen and oxygen atoms in total. The fraction of sp³-hybridized carbons (Fsp3) is 0.714. The lowest BCUT2D eigenvalue weighted by atomic mass is 9.84. The molecule has 2 saturated heterocycles. The number of likely N-dealkylation sites (tertiary alicyclic amines) is 2. The van der Waals surface area contributed by atoms with Crippen LogP contribution in [0.3, 0.4) is 0 Å². The van der Waals surface area contributed by atoms with Crippen LogP contribution in [0.4, 0.5) is 0 Å². The number of carbonyl (C=O) groups excluding carboxylic acids is 1. The number of hydrogen-bond acceptors (Lipinski definition) is 4. The lowest BCUT2D eigenvalue weighted by Gasteiger charge is -2.47. The number of piperidine rings is 1. The average Bonchev–Trinajstić information content (AvgIpc) is 3.46. The van der Waals surface area contributed by atoms with E-state index in [0.29, 0.717) is 11.6 Å². The van der Waals surface area contributed by atoms with Gasteiger partial charge >= 0.3 is 0 Å². The predicted octanol–water partition coefficient (Wildman–Crippen LogP) is 2.97. The van der Waals surface area contributed by atoms with Crippen LogP contribution in [-0.4, -0.2) is 65.1 Å². The van der Waals surface area contributed by atoms with Crippen LogP contribution in [0.1, 0.15) is 55.8 Å². The molecule has 3 fully saturated rings. The van der Waals surface area contributed by atoms with E-state index in [9.17, 15) is 4.79 Å². The van der Waals surface area contributed by atoms with Gasteiger partial charge in [-0.3, -0.25) is 14.7 Å². The Morgan fingerprint density at radius 3 is 2.73 bits per heavy atom. The van der Waals surface area contributed by atoms with E-state index in [2.05, 4.69) is 16.8 Å². The summed E-state index contributed by atoms with van der Waals surface area (Å²) < 4.78 is 5.79. The third-order valence-corrected chi connectivity index (χ3v) is 6.55. The lowest BCUT2D eigenvalue weighted by molar-refractivity contribution is 0.00309. The summed E-state index contributed by atoms with van der Waals surface area (Å²) in [6.07, 6.45) is 10.9. The zero-order chi connectivity index (χ0) is 18.0. The number of pyridine rings is 1. The summed E-state index contributed by atoms with van der Waals surface area (Å²) in [7, 11) is 0. The van der Waals surface area contributed by atoms with Crippen molar-refractivity contribution in [1.82, 2.24) is 14.8 Å². The van der Waals surface area contributed by atoms with Crippen LogP contribution in [0.5, 0.6) is 0 Å². The molecule has 3 heterocycles. The molecule has 1 saturated carbocycles. The monoisotopic (exact) mass is 357 g/mol. The third-order valence-electron chi connectivity index (χ3n) is 6.55. The van der Waals surface area contributed by atoms with Gasteiger partial charge in [-0.2, -0.15) is 0 Å². The molecule has 1 unspecified atom stereocenters. The summed E-state index contributed by atoms with van der Waals surface area (Å²) in [5.74, 6) is 1.02. The van der Waals surface area contributed by atoms with Gasteiger partial charge in [0, 0.05) is 50.2 Å². The highest BCUT2D eigenvalue weighted by Gasteiger charge is 2.49. The summed E-state index contributed by atoms with van der Waals surface area (Å²) in [4.78, 5) is 21.6. The predicted molar refractivity (Wildman–Crippen MR) is 101 cm³/mol. The lowest BCUT2D eigenvalue weighted by Crippen LogP contribution is -2.56. The minimum Gasteiger partial charge on any atom is -0.380 e. The molecule has 1 aliphatic carbocycles. The second-order valence-corrected chi connectivity index (χ2v) is 8.21. The fourth-order valence-electron chi connectivity index (χ4n) is 4.81. The molecule has 5 heteroatoms. The maximum absolute atomic E-state index is 12.7. The first-order valence-electron chi connectivity index (χ1n) is 10.3. The molecule has 1 aromatic heterocycles. The Balaban J connectivity index is 1.41. The summed E-state index contributed by atoms with van der Waals surface area (Å²) in [6.45, 7) is 6.69. The van der Waals surface area contributed by atoms with Crippen LogP contribution in [0.2, 0.25) is 0 Å². The first-order chi connectivity index (χ1) is 12.7. The van der Waals surface area contributed by atoms with Crippen molar-refractivity contribution in [2.45, 2.75) is 57.0 Å². The van der Waals surface area contributed by atoms with Crippen molar-refractivity contribution >= 4 is 5.91 Å². The SMILES string of the molecule is CCOCC1CCC2(CCN(C(=O)c3cccnc3)CC2)N1CC1CC1. The van der Waals surface area contributed by atoms with E-state index in [1.165, 1.54) is 32.2 Å². The Hall–Kier alpha value is -1.46. The molecule has 3 aliphatic rings. The van der Waals surface area contributed by atoms with Gasteiger partial charge in [-0.15, -0.1) is 0 Å². The first kappa shape index (κ1) is 17.9. The van der Waals surface area contributed by atoms with Gasteiger partial charge in [-0.05, 0) is 63.5 Å². The second kappa shape index (κ2) is 7.65. The van der Waals surface area contributed by atoms with E-state index in [1.807, 2.05) is 17.0 Å². The minimum absolute atomic E-state index is 0.130. The number of rotatable bonds is 6. The van der Waals surface area contributed by atoms with Gasteiger partial charge in [0.15, 0.2) is 0 Å². The number of aromatic nitrogens is 1. The third kappa shape index (κ3) is 3.65. The van der Waals surface area contributed by atoms with Gasteiger partial charge in [0.1, 0.15) is 0 Å². The van der Waals surface area contributed by atoms with Crippen molar-refractivity contribution in [3.05, 3.63) is 30.1 Å². The molecular formula is C21H31N3O2. The highest BCUT2D eigenvalue weighted by Crippen LogP contribution is 2.44. The molecule has 4 rings (SSSR count). The van der Waals surface area contributed by atoms with E-state index in [1.54, 1.807) is 12.4 Å². The van der Waals surface area contributed by atoms with E-state index < -0.39 is 0 Å². The number of carbonyl (C=O) groups is 1. The van der Waals surface area contributed by atoms with E-state index in [4.69, 9.17) is 4.74 Å². The number of nitrogens with zero attached hydrogens (tertiary/aromatic N) is 3. The molecule has 1 atom stereocenters. The van der Waals surface area contributed by atoms with E-state index >= 15 is 0 Å². The Bertz CT molecular complexity index is 609. The Morgan fingerprint density at radius 1 is 1.27 bits per heavy atom. The molecule has 26 heavy (non-hydrogen) atoms. The van der Waals surface area contributed by atoms with Crippen molar-refractivity contribution in [3.63, 3.8) is 0 Å². The molecule has 0 bridgehead atoms. The van der Waals surface area contributed by atoms with Crippen LogP contribution in [0.15, 0.2) is 24.5 Å². The molecule has 1 spiro atoms. The van der Waals surface area contributed by atoms with Crippen molar-refractivity contribution in [2.75, 3.05) is 32.8 Å². The number of hydrogen-bond donors (Lipinski definition) is 0. The van der Waals surface area contributed by atoms with Crippen LogP contribution in [-0.2, 0) is 4.74 Å². The molecule has 0 aromatic carbocycles. The van der Waals surface area contributed by atoms with Gasteiger partial charge in [0.2, 0.25) is 0 Å². The topological polar surface area (TPSA) is 45.7 Å². The van der Waals surface area contributed by atoms with Crippen molar-refractivity contribution in [1.29, 1.82) is 0 Å². The number of amides is 1. The standard InChI is InChI=1S/C21H31N3O2/c1-2-26-16-19-7-8-21(24(19)15-17-5-6-17)9-12-23(13-10-21)20(25)18-4-3-11-22-14-18/h3-4,11,14,17,19H,2,5-10,12-13,15-16H2,1H3. The molecule has 142 valence electrons. The summed E-state index contributed by atoms with van der Waals surface area (Å²) >= 11 is 0. The largest absolute Gasteiger partial charge is 0.380 e. The molecule has 0 radical (unpaired) electrons. The molecular weight excluding hydrogens is 326 g/mol. The van der Waals surface area contributed by atoms with E-state index in [0.717, 1.165) is 45.1 Å². The van der Waals surface area contributed by atoms with Crippen LogP contribution >= 0.6 is 0 Å². The Morgan fingerprint density at radius 2 is 2.08 bits per heavy atom. The van der Waals surface area contributed by atoms with Gasteiger partial charge < -0.3 is 9.64 Å². The van der Waals surface area contributed by atoms with Gasteiger partial charge in [-0.25, -0.2) is 0 Å². The summed E-state index contributed by atoms with van der Waals surface area (Å²) in [5, 5.41) is 0. The number of ether oxygens (including phenoxy) is 1. The maximum Gasteiger partial charge on any atom is 0.255 e. The first-order valence-corrected chi connectivity index (χ1v) is 10.3. The minimum atomic E-state index is 0.130. The fourth-order valence-corrected chi connectivity index (χ4v) is 4.81. The smallest absolute Gasteiger partial charge is 0.255 e. The zero-order valence-corrected chi connectivity index (χ0v) is 15.9. The van der Waals surface area contributed by atoms with E-state index in [-0.39, 0.29) is 11.4 Å². The second-order valence-electron chi connectivity index (χ2n) is 8.21. The zero-order valence-electron chi connectivity index (χ0n) is 15.9. The Labute approximate surface area is 156 Å². The highest BCUT2D eigenvalue weighted by atomic mass is 16.5. The van der Waals surface area contributed by atoms with Gasteiger partial charge in [0.05, 0.1) is 12.2 Å².